The lowest BCUT2D eigenvalue weighted by molar-refractivity contribution is -0.129. The number of aromatic amines is 1. The van der Waals surface area contributed by atoms with Gasteiger partial charge >= 0.3 is 0 Å². The second kappa shape index (κ2) is 7.61. The molecule has 1 aromatic carbocycles. The van der Waals surface area contributed by atoms with Crippen molar-refractivity contribution in [3.05, 3.63) is 66.1 Å². The molecule has 138 valence electrons. The number of likely N-dealkylation sites (tertiary alicyclic amines) is 1. The Kier molecular flexibility index (Phi) is 4.87. The first-order chi connectivity index (χ1) is 13.2. The molecule has 3 aromatic rings. The van der Waals surface area contributed by atoms with Gasteiger partial charge in [0.15, 0.2) is 0 Å². The zero-order chi connectivity index (χ0) is 18.6. The second-order valence-electron chi connectivity index (χ2n) is 6.90. The van der Waals surface area contributed by atoms with Crippen LogP contribution in [0.1, 0.15) is 17.7 Å². The average molecular weight is 362 g/mol. The molecule has 1 saturated heterocycles. The summed E-state index contributed by atoms with van der Waals surface area (Å²) < 4.78 is 0. The van der Waals surface area contributed by atoms with Crippen LogP contribution in [0.15, 0.2) is 54.9 Å². The van der Waals surface area contributed by atoms with Gasteiger partial charge in [-0.2, -0.15) is 0 Å². The third-order valence-electron chi connectivity index (χ3n) is 5.03. The van der Waals surface area contributed by atoms with Crippen molar-refractivity contribution in [2.45, 2.75) is 19.4 Å². The molecule has 0 bridgehead atoms. The van der Waals surface area contributed by atoms with Gasteiger partial charge < -0.3 is 15.2 Å². The highest BCUT2D eigenvalue weighted by atomic mass is 16.2. The maximum absolute atomic E-state index is 12.5. The van der Waals surface area contributed by atoms with E-state index in [4.69, 9.17) is 0 Å². The summed E-state index contributed by atoms with van der Waals surface area (Å²) in [6.45, 7) is 1.47. The highest BCUT2D eigenvalue weighted by molar-refractivity contribution is 5.89. The largest absolute Gasteiger partial charge is 0.361 e. The molecule has 1 fully saturated rings. The van der Waals surface area contributed by atoms with Gasteiger partial charge in [0.25, 0.3) is 0 Å². The summed E-state index contributed by atoms with van der Waals surface area (Å²) in [6, 6.07) is 13.8. The third kappa shape index (κ3) is 3.84. The van der Waals surface area contributed by atoms with E-state index in [2.05, 4.69) is 21.4 Å². The smallest absolute Gasteiger partial charge is 0.225 e. The van der Waals surface area contributed by atoms with Crippen LogP contribution in [0.5, 0.6) is 0 Å². The van der Waals surface area contributed by atoms with E-state index < -0.39 is 0 Å². The van der Waals surface area contributed by atoms with Crippen LogP contribution >= 0.6 is 0 Å². The first-order valence-corrected chi connectivity index (χ1v) is 9.21. The van der Waals surface area contributed by atoms with E-state index in [1.54, 1.807) is 11.1 Å². The Morgan fingerprint density at radius 1 is 1.22 bits per heavy atom. The molecule has 2 N–H and O–H groups in total. The van der Waals surface area contributed by atoms with Crippen molar-refractivity contribution in [2.75, 3.05) is 13.1 Å². The predicted molar refractivity (Wildman–Crippen MR) is 103 cm³/mol. The number of nitrogens with one attached hydrogen (secondary N) is 2. The minimum Gasteiger partial charge on any atom is -0.361 e. The molecule has 1 aliphatic heterocycles. The Morgan fingerprint density at radius 3 is 2.93 bits per heavy atom. The summed E-state index contributed by atoms with van der Waals surface area (Å²) in [5.41, 5.74) is 3.13. The van der Waals surface area contributed by atoms with Crippen LogP contribution in [0.3, 0.4) is 0 Å². The molecular weight excluding hydrogens is 340 g/mol. The molecule has 3 heterocycles. The monoisotopic (exact) mass is 362 g/mol. The van der Waals surface area contributed by atoms with Crippen molar-refractivity contribution in [3.8, 4) is 0 Å². The zero-order valence-corrected chi connectivity index (χ0v) is 15.0. The van der Waals surface area contributed by atoms with Crippen LogP contribution in [0, 0.1) is 5.92 Å². The summed E-state index contributed by atoms with van der Waals surface area (Å²) in [5, 5.41) is 4.17. The van der Waals surface area contributed by atoms with Gasteiger partial charge in [-0.05, 0) is 30.2 Å². The lowest BCUT2D eigenvalue weighted by Crippen LogP contribution is -2.34. The van der Waals surface area contributed by atoms with Gasteiger partial charge in [0.1, 0.15) is 0 Å². The molecule has 0 radical (unpaired) electrons. The summed E-state index contributed by atoms with van der Waals surface area (Å²) in [5.74, 6) is -0.326. The lowest BCUT2D eigenvalue weighted by atomic mass is 10.1. The molecule has 0 spiro atoms. The topological polar surface area (TPSA) is 78.1 Å². The molecule has 4 rings (SSSR count). The Morgan fingerprint density at radius 2 is 2.07 bits per heavy atom. The van der Waals surface area contributed by atoms with Crippen LogP contribution in [-0.4, -0.2) is 39.8 Å². The molecular formula is C21H22N4O2. The van der Waals surface area contributed by atoms with Crippen LogP contribution in [0.25, 0.3) is 10.9 Å². The van der Waals surface area contributed by atoms with E-state index in [0.717, 1.165) is 17.6 Å². The molecule has 0 saturated carbocycles. The molecule has 6 heteroatoms. The fraction of sp³-hybridized carbons (Fsp3) is 0.286. The van der Waals surface area contributed by atoms with E-state index in [1.807, 2.05) is 42.6 Å². The molecule has 1 unspecified atom stereocenters. The first kappa shape index (κ1) is 17.3. The van der Waals surface area contributed by atoms with Crippen molar-refractivity contribution in [3.63, 3.8) is 0 Å². The Balaban J connectivity index is 1.29. The summed E-state index contributed by atoms with van der Waals surface area (Å²) >= 11 is 0. The SMILES string of the molecule is O=C(NCCc1c[nH]c2ccccc12)C1CC(=O)N(Cc2ccccn2)C1. The number of aromatic nitrogens is 2. The van der Waals surface area contributed by atoms with Gasteiger partial charge in [0, 0.05) is 42.8 Å². The molecule has 1 atom stereocenters. The number of benzene rings is 1. The van der Waals surface area contributed by atoms with Gasteiger partial charge in [0.2, 0.25) is 11.8 Å². The number of pyridine rings is 1. The van der Waals surface area contributed by atoms with E-state index in [9.17, 15) is 9.59 Å². The number of hydrogen-bond donors (Lipinski definition) is 2. The minimum absolute atomic E-state index is 0.0115. The highest BCUT2D eigenvalue weighted by Gasteiger charge is 2.34. The maximum atomic E-state index is 12.5. The zero-order valence-electron chi connectivity index (χ0n) is 15.0. The summed E-state index contributed by atoms with van der Waals surface area (Å²) in [4.78, 5) is 33.9. The predicted octanol–water partition coefficient (Wildman–Crippen LogP) is 2.27. The van der Waals surface area contributed by atoms with Crippen molar-refractivity contribution < 1.29 is 9.59 Å². The summed E-state index contributed by atoms with van der Waals surface area (Å²) in [6.07, 6.45) is 4.73. The Bertz CT molecular complexity index is 951. The molecule has 2 amide bonds. The number of carbonyl (C=O) groups excluding carboxylic acids is 2. The van der Waals surface area contributed by atoms with Gasteiger partial charge in [-0.15, -0.1) is 0 Å². The van der Waals surface area contributed by atoms with Crippen LogP contribution in [-0.2, 0) is 22.6 Å². The third-order valence-corrected chi connectivity index (χ3v) is 5.03. The summed E-state index contributed by atoms with van der Waals surface area (Å²) in [7, 11) is 0. The molecule has 2 aromatic heterocycles. The fourth-order valence-electron chi connectivity index (χ4n) is 3.59. The molecule has 1 aliphatic rings. The number of amides is 2. The van der Waals surface area contributed by atoms with Crippen molar-refractivity contribution in [1.82, 2.24) is 20.2 Å². The number of nitrogens with zero attached hydrogens (tertiary/aromatic N) is 2. The molecule has 0 aliphatic carbocycles. The van der Waals surface area contributed by atoms with Crippen LogP contribution in [0.4, 0.5) is 0 Å². The van der Waals surface area contributed by atoms with Crippen LogP contribution < -0.4 is 5.32 Å². The second-order valence-corrected chi connectivity index (χ2v) is 6.90. The van der Waals surface area contributed by atoms with Crippen molar-refractivity contribution in [2.24, 2.45) is 5.92 Å². The number of para-hydroxylation sites is 1. The van der Waals surface area contributed by atoms with Gasteiger partial charge in [-0.3, -0.25) is 14.6 Å². The van der Waals surface area contributed by atoms with E-state index in [1.165, 1.54) is 10.9 Å². The van der Waals surface area contributed by atoms with Gasteiger partial charge in [-0.25, -0.2) is 0 Å². The Labute approximate surface area is 157 Å². The fourth-order valence-corrected chi connectivity index (χ4v) is 3.59. The maximum Gasteiger partial charge on any atom is 0.225 e. The number of carbonyl (C=O) groups is 2. The van der Waals surface area contributed by atoms with Gasteiger partial charge in [0.05, 0.1) is 18.2 Å². The minimum atomic E-state index is -0.288. The van der Waals surface area contributed by atoms with Crippen molar-refractivity contribution >= 4 is 22.7 Å². The van der Waals surface area contributed by atoms with E-state index >= 15 is 0 Å². The number of fused-ring (bicyclic) bond motifs is 1. The van der Waals surface area contributed by atoms with Gasteiger partial charge in [-0.1, -0.05) is 24.3 Å². The average Bonchev–Trinajstić information content (AvgIpc) is 3.27. The lowest BCUT2D eigenvalue weighted by Gasteiger charge is -2.16. The highest BCUT2D eigenvalue weighted by Crippen LogP contribution is 2.20. The van der Waals surface area contributed by atoms with E-state index in [0.29, 0.717) is 19.6 Å². The number of H-pyrrole nitrogens is 1. The van der Waals surface area contributed by atoms with Crippen molar-refractivity contribution in [1.29, 1.82) is 0 Å². The molecule has 27 heavy (non-hydrogen) atoms. The normalized spacial score (nSPS) is 16.8. The van der Waals surface area contributed by atoms with E-state index in [-0.39, 0.29) is 24.2 Å². The Hall–Kier alpha value is -3.15. The first-order valence-electron chi connectivity index (χ1n) is 9.21. The quantitative estimate of drug-likeness (QED) is 0.706. The van der Waals surface area contributed by atoms with Crippen LogP contribution in [0.2, 0.25) is 0 Å². The molecule has 6 nitrogen and oxygen atoms in total. The number of rotatable bonds is 6. The standard InChI is InChI=1S/C21H22N4O2/c26-20-11-16(13-25(20)14-17-5-3-4-9-22-17)21(27)23-10-8-15-12-24-19-7-2-1-6-18(15)19/h1-7,9,12,16,24H,8,10-11,13-14H2,(H,23,27). The number of hydrogen-bond acceptors (Lipinski definition) is 3.